The fourth-order valence-electron chi connectivity index (χ4n) is 9.87. The van der Waals surface area contributed by atoms with Crippen molar-refractivity contribution in [1.82, 2.24) is 5.32 Å². The summed E-state index contributed by atoms with van der Waals surface area (Å²) in [6, 6.07) is -0.904. The number of hydrogen-bond acceptors (Lipinski definition) is 7. The van der Waals surface area contributed by atoms with Crippen LogP contribution in [-0.2, 0) is 27.9 Å². The summed E-state index contributed by atoms with van der Waals surface area (Å²) in [5.74, 6) is -0.559. The van der Waals surface area contributed by atoms with E-state index in [9.17, 15) is 19.0 Å². The molecule has 0 fully saturated rings. The van der Waals surface area contributed by atoms with Gasteiger partial charge in [0.1, 0.15) is 19.3 Å². The van der Waals surface area contributed by atoms with Crippen LogP contribution in [0, 0.1) is 0 Å². The number of esters is 1. The molecule has 0 saturated heterocycles. The number of phosphoric acid groups is 1. The molecule has 1 amide bonds. The zero-order chi connectivity index (χ0) is 61.4. The molecule has 486 valence electrons. The minimum atomic E-state index is -4.71. The van der Waals surface area contributed by atoms with Gasteiger partial charge in [0.05, 0.1) is 33.8 Å². The van der Waals surface area contributed by atoms with Crippen LogP contribution in [0.1, 0.15) is 310 Å². The predicted molar refractivity (Wildman–Crippen MR) is 362 cm³/mol. The molecular formula is C74H133N2O7P. The summed E-state index contributed by atoms with van der Waals surface area (Å²) in [6.07, 6.45) is 85.3. The monoisotopic (exact) mass is 1190 g/mol. The minimum absolute atomic E-state index is 0.0298. The number of nitrogens with one attached hydrogen (secondary N) is 1. The van der Waals surface area contributed by atoms with Crippen LogP contribution in [-0.4, -0.2) is 69.4 Å². The summed E-state index contributed by atoms with van der Waals surface area (Å²) < 4.78 is 30.4. The highest BCUT2D eigenvalue weighted by Crippen LogP contribution is 2.38. The molecule has 3 unspecified atom stereocenters. The number of nitrogens with zero attached hydrogens (tertiary/aromatic N) is 1. The van der Waals surface area contributed by atoms with Crippen molar-refractivity contribution < 1.29 is 37.3 Å². The molecule has 10 heteroatoms. The van der Waals surface area contributed by atoms with Crippen molar-refractivity contribution in [3.05, 3.63) is 97.2 Å². The Morgan fingerprint density at radius 2 is 0.762 bits per heavy atom. The van der Waals surface area contributed by atoms with Gasteiger partial charge in [-0.1, -0.05) is 285 Å². The van der Waals surface area contributed by atoms with Gasteiger partial charge in [0.15, 0.2) is 0 Å². The average Bonchev–Trinajstić information content (AvgIpc) is 3.64. The van der Waals surface area contributed by atoms with Gasteiger partial charge in [-0.05, 0) is 109 Å². The van der Waals surface area contributed by atoms with E-state index < -0.39 is 26.6 Å². The van der Waals surface area contributed by atoms with E-state index in [2.05, 4.69) is 111 Å². The molecule has 0 aromatic rings. The second-order valence-corrected chi connectivity index (χ2v) is 26.1. The molecule has 0 rings (SSSR count). The largest absolute Gasteiger partial charge is 0.756 e. The zero-order valence-electron chi connectivity index (χ0n) is 55.6. The summed E-state index contributed by atoms with van der Waals surface area (Å²) in [7, 11) is 1.17. The molecule has 1 N–H and O–H groups in total. The van der Waals surface area contributed by atoms with Crippen molar-refractivity contribution in [2.75, 3.05) is 40.9 Å². The Hall–Kier alpha value is -3.07. The molecule has 0 aromatic carbocycles. The molecule has 0 radical (unpaired) electrons. The Bertz CT molecular complexity index is 1760. The van der Waals surface area contributed by atoms with Gasteiger partial charge in [-0.15, -0.1) is 0 Å². The van der Waals surface area contributed by atoms with Crippen molar-refractivity contribution in [3.8, 4) is 0 Å². The lowest BCUT2D eigenvalue weighted by Gasteiger charge is -2.30. The number of likely N-dealkylation sites (N-methyl/N-ethyl adjacent to an activating group) is 1. The average molecular weight is 1190 g/mol. The highest BCUT2D eigenvalue weighted by Gasteiger charge is 2.27. The van der Waals surface area contributed by atoms with Crippen molar-refractivity contribution in [2.45, 2.75) is 322 Å². The van der Waals surface area contributed by atoms with Crippen LogP contribution in [0.25, 0.3) is 0 Å². The first-order valence-electron chi connectivity index (χ1n) is 35.0. The van der Waals surface area contributed by atoms with Gasteiger partial charge < -0.3 is 28.5 Å². The smallest absolute Gasteiger partial charge is 0.306 e. The van der Waals surface area contributed by atoms with Crippen molar-refractivity contribution in [3.63, 3.8) is 0 Å². The number of hydrogen-bond donors (Lipinski definition) is 1. The van der Waals surface area contributed by atoms with Crippen LogP contribution < -0.4 is 10.2 Å². The van der Waals surface area contributed by atoms with Crippen LogP contribution in [0.5, 0.6) is 0 Å². The number of phosphoric ester groups is 1. The molecular weight excluding hydrogens is 1060 g/mol. The van der Waals surface area contributed by atoms with Crippen LogP contribution >= 0.6 is 7.82 Å². The maximum Gasteiger partial charge on any atom is 0.306 e. The van der Waals surface area contributed by atoms with E-state index in [-0.39, 0.29) is 24.9 Å². The maximum absolute atomic E-state index is 13.6. The number of ether oxygens (including phenoxy) is 1. The Morgan fingerprint density at radius 3 is 1.17 bits per heavy atom. The number of allylic oxidation sites excluding steroid dienone is 15. The van der Waals surface area contributed by atoms with E-state index in [1.807, 2.05) is 33.3 Å². The Morgan fingerprint density at radius 1 is 0.429 bits per heavy atom. The van der Waals surface area contributed by atoms with Crippen LogP contribution in [0.2, 0.25) is 0 Å². The molecule has 84 heavy (non-hydrogen) atoms. The highest BCUT2D eigenvalue weighted by atomic mass is 31.2. The van der Waals surface area contributed by atoms with E-state index in [0.717, 1.165) is 109 Å². The van der Waals surface area contributed by atoms with Gasteiger partial charge in [-0.25, -0.2) is 0 Å². The van der Waals surface area contributed by atoms with Gasteiger partial charge >= 0.3 is 5.97 Å². The fourth-order valence-corrected chi connectivity index (χ4v) is 10.6. The first-order chi connectivity index (χ1) is 40.9. The van der Waals surface area contributed by atoms with Gasteiger partial charge in [0.2, 0.25) is 5.91 Å². The number of unbranched alkanes of at least 4 members (excludes halogenated alkanes) is 33. The first kappa shape index (κ1) is 80.9. The van der Waals surface area contributed by atoms with Gasteiger partial charge in [-0.3, -0.25) is 14.2 Å². The predicted octanol–water partition coefficient (Wildman–Crippen LogP) is 21.7. The Balaban J connectivity index is 5.11. The van der Waals surface area contributed by atoms with Crippen LogP contribution in [0.3, 0.4) is 0 Å². The molecule has 0 aliphatic rings. The highest BCUT2D eigenvalue weighted by molar-refractivity contribution is 7.45. The third kappa shape index (κ3) is 63.4. The molecule has 0 bridgehead atoms. The Labute approximate surface area is 519 Å². The van der Waals surface area contributed by atoms with Gasteiger partial charge in [-0.2, -0.15) is 0 Å². The van der Waals surface area contributed by atoms with E-state index in [4.69, 9.17) is 13.8 Å². The number of carbonyl (C=O) groups is 2. The van der Waals surface area contributed by atoms with E-state index in [0.29, 0.717) is 23.9 Å². The van der Waals surface area contributed by atoms with Gasteiger partial charge in [0, 0.05) is 12.8 Å². The lowest BCUT2D eigenvalue weighted by Crippen LogP contribution is -2.47. The fraction of sp³-hybridized carbons (Fsp3) is 0.757. The quantitative estimate of drug-likeness (QED) is 0.0212. The van der Waals surface area contributed by atoms with Gasteiger partial charge in [0.25, 0.3) is 7.82 Å². The number of rotatable bonds is 63. The second kappa shape index (κ2) is 63.0. The van der Waals surface area contributed by atoms with Crippen LogP contribution in [0.4, 0.5) is 0 Å². The van der Waals surface area contributed by atoms with Crippen molar-refractivity contribution in [2.24, 2.45) is 0 Å². The number of carbonyl (C=O) groups excluding carboxylic acids is 2. The number of quaternary nitrogens is 1. The standard InChI is InChI=1S/C74H133N2O7P/c1-7-10-13-16-19-22-25-28-30-32-34-36-37-38-39-41-43-45-47-49-52-55-58-61-64-67-74(78)83-72(65-62-59-56-53-50-27-24-21-18-15-12-9-3)71(70-82-84(79,80)81-69-68-76(4,5)6)75-73(77)66-63-60-57-54-51-48-46-44-42-40-35-33-31-29-26-23-20-17-14-11-8-2/h11,14,19-20,22-23,28-31,35,40,44,46,62,65,71-72H,7-10,12-13,15-18,21,24-27,32-34,36-39,41-43,45,47-61,63-64,66-70H2,1-6H3,(H-,75,77,79,80)/b14-11-,22-19-,23-20-,30-28-,31-29-,40-35-,46-44-,65-62+. The third-order valence-electron chi connectivity index (χ3n) is 15.2. The summed E-state index contributed by atoms with van der Waals surface area (Å²) in [5, 5.41) is 3.03. The summed E-state index contributed by atoms with van der Waals surface area (Å²) in [5.41, 5.74) is 0. The molecule has 0 aliphatic heterocycles. The Kier molecular flexibility index (Phi) is 60.7. The summed E-state index contributed by atoms with van der Waals surface area (Å²) in [6.45, 7) is 6.71. The second-order valence-electron chi connectivity index (χ2n) is 24.6. The van der Waals surface area contributed by atoms with Crippen LogP contribution in [0.15, 0.2) is 97.2 Å². The maximum atomic E-state index is 13.6. The molecule has 9 nitrogen and oxygen atoms in total. The summed E-state index contributed by atoms with van der Waals surface area (Å²) >= 11 is 0. The van der Waals surface area contributed by atoms with Crippen molar-refractivity contribution >= 4 is 19.7 Å². The van der Waals surface area contributed by atoms with E-state index in [1.54, 1.807) is 0 Å². The normalized spacial score (nSPS) is 14.1. The number of amides is 1. The molecule has 0 spiro atoms. The molecule has 3 atom stereocenters. The van der Waals surface area contributed by atoms with Crippen molar-refractivity contribution in [1.29, 1.82) is 0 Å². The van der Waals surface area contributed by atoms with E-state index in [1.165, 1.54) is 161 Å². The SMILES string of the molecule is CC/C=C\C/C=C\C/C=C\C/C=C\C/C=C\CCCCCCCC(=O)NC(COP(=O)([O-])OCC[N+](C)(C)C)C(/C=C/CCCCCCCCCCCC)OC(=O)CCCCCCCCCCCCCCCCC/C=C\C/C=C\CCCCC. The van der Waals surface area contributed by atoms with E-state index >= 15 is 0 Å². The zero-order valence-corrected chi connectivity index (χ0v) is 56.5. The molecule has 0 aliphatic carbocycles. The third-order valence-corrected chi connectivity index (χ3v) is 16.2. The topological polar surface area (TPSA) is 114 Å². The molecule has 0 aromatic heterocycles. The summed E-state index contributed by atoms with van der Waals surface area (Å²) in [4.78, 5) is 40.2. The molecule has 0 heterocycles. The minimum Gasteiger partial charge on any atom is -0.756 e. The lowest BCUT2D eigenvalue weighted by molar-refractivity contribution is -0.870. The molecule has 0 saturated carbocycles. The first-order valence-corrected chi connectivity index (χ1v) is 36.5. The lowest BCUT2D eigenvalue weighted by atomic mass is 10.0.